The summed E-state index contributed by atoms with van der Waals surface area (Å²) < 4.78 is 83.9. The lowest BCUT2D eigenvalue weighted by Crippen LogP contribution is -2.41. The molecule has 0 radical (unpaired) electrons. The topological polar surface area (TPSA) is 112 Å². The van der Waals surface area contributed by atoms with E-state index in [1.165, 1.54) is 36.4 Å². The summed E-state index contributed by atoms with van der Waals surface area (Å²) in [6.07, 6.45) is -1.51. The van der Waals surface area contributed by atoms with E-state index in [4.69, 9.17) is 14.2 Å². The molecule has 4 rings (SSSR count). The van der Waals surface area contributed by atoms with Crippen molar-refractivity contribution in [3.63, 3.8) is 0 Å². The van der Waals surface area contributed by atoms with E-state index < -0.39 is 39.5 Å². The molecule has 2 aromatic rings. The van der Waals surface area contributed by atoms with Gasteiger partial charge in [0.1, 0.15) is 17.2 Å². The molecule has 2 fully saturated rings. The summed E-state index contributed by atoms with van der Waals surface area (Å²) in [7, 11) is -3.89. The fraction of sp³-hybridized carbons (Fsp3) is 0.480. The fourth-order valence-corrected chi connectivity index (χ4v) is 6.31. The number of alkyl halides is 3. The molecule has 1 saturated carbocycles. The number of ether oxygens (including phenoxy) is 4. The van der Waals surface area contributed by atoms with Crippen LogP contribution in [0.5, 0.6) is 17.2 Å². The summed E-state index contributed by atoms with van der Waals surface area (Å²) >= 11 is 0. The van der Waals surface area contributed by atoms with E-state index in [1.54, 1.807) is 0 Å². The van der Waals surface area contributed by atoms with E-state index in [9.17, 15) is 31.6 Å². The monoisotopic (exact) mass is 559 g/mol. The second kappa shape index (κ2) is 11.5. The van der Waals surface area contributed by atoms with Crippen LogP contribution in [0.25, 0.3) is 0 Å². The van der Waals surface area contributed by atoms with E-state index in [0.717, 1.165) is 25.0 Å². The average Bonchev–Trinajstić information content (AvgIpc) is 3.33. The van der Waals surface area contributed by atoms with Gasteiger partial charge in [-0.3, -0.25) is 10.0 Å². The molecule has 1 N–H and O–H groups in total. The first-order valence-corrected chi connectivity index (χ1v) is 13.7. The highest BCUT2D eigenvalue weighted by atomic mass is 32.2. The summed E-state index contributed by atoms with van der Waals surface area (Å²) in [6.45, 7) is 1.10. The van der Waals surface area contributed by atoms with Crippen molar-refractivity contribution in [1.29, 1.82) is 0 Å². The minimum Gasteiger partial charge on any atom is -0.457 e. The lowest BCUT2D eigenvalue weighted by Gasteiger charge is -2.37. The van der Waals surface area contributed by atoms with Crippen LogP contribution < -0.4 is 9.47 Å². The third kappa shape index (κ3) is 7.37. The Kier molecular flexibility index (Phi) is 8.50. The van der Waals surface area contributed by atoms with Crippen LogP contribution in [0, 0.1) is 5.92 Å². The van der Waals surface area contributed by atoms with E-state index in [1.807, 2.05) is 0 Å². The Labute approximate surface area is 217 Å². The molecule has 9 nitrogen and oxygen atoms in total. The Morgan fingerprint density at radius 3 is 2.05 bits per heavy atom. The number of rotatable bonds is 10. The first-order valence-electron chi connectivity index (χ1n) is 12.0. The van der Waals surface area contributed by atoms with Crippen LogP contribution >= 0.6 is 0 Å². The van der Waals surface area contributed by atoms with Gasteiger partial charge in [0, 0.05) is 12.8 Å². The zero-order valence-electron chi connectivity index (χ0n) is 20.3. The van der Waals surface area contributed by atoms with Gasteiger partial charge in [-0.2, -0.15) is 0 Å². The zero-order valence-corrected chi connectivity index (χ0v) is 21.1. The Morgan fingerprint density at radius 1 is 1.00 bits per heavy atom. The highest BCUT2D eigenvalue weighted by Gasteiger charge is 2.41. The van der Waals surface area contributed by atoms with E-state index in [-0.39, 0.29) is 28.7 Å². The molecular formula is C25H28F3NO8S. The maximum Gasteiger partial charge on any atom is 0.573 e. The van der Waals surface area contributed by atoms with Crippen molar-refractivity contribution in [2.45, 2.75) is 55.2 Å². The van der Waals surface area contributed by atoms with Crippen molar-refractivity contribution in [2.75, 3.05) is 19.0 Å². The summed E-state index contributed by atoms with van der Waals surface area (Å²) in [5, 5.41) is 10.5. The Bertz CT molecular complexity index is 1170. The SMILES string of the molecule is O=CN(O)C(CC1CCC2(CC1)OCCO2)CS(=O)(=O)c1ccc(Oc2ccc(OC(F)(F)F)cc2)cc1. The molecule has 1 aliphatic carbocycles. The number of sulfone groups is 1. The van der Waals surface area contributed by atoms with E-state index in [2.05, 4.69) is 4.74 Å². The van der Waals surface area contributed by atoms with Crippen LogP contribution in [0.2, 0.25) is 0 Å². The number of carbonyl (C=O) groups excluding carboxylic acids is 1. The van der Waals surface area contributed by atoms with Gasteiger partial charge in [0.15, 0.2) is 15.6 Å². The van der Waals surface area contributed by atoms with Crippen molar-refractivity contribution in [3.8, 4) is 17.2 Å². The molecule has 1 spiro atoms. The summed E-state index contributed by atoms with van der Waals surface area (Å²) in [5.74, 6) is -0.870. The smallest absolute Gasteiger partial charge is 0.457 e. The molecule has 1 saturated heterocycles. The third-order valence-electron chi connectivity index (χ3n) is 6.66. The molecule has 1 atom stereocenters. The van der Waals surface area contributed by atoms with Gasteiger partial charge in [-0.25, -0.2) is 13.5 Å². The largest absolute Gasteiger partial charge is 0.573 e. The maximum atomic E-state index is 13.1. The van der Waals surface area contributed by atoms with Gasteiger partial charge in [0.05, 0.1) is 29.9 Å². The normalized spacial score (nSPS) is 18.7. The fourth-order valence-electron chi connectivity index (χ4n) is 4.77. The van der Waals surface area contributed by atoms with Crippen molar-refractivity contribution in [1.82, 2.24) is 5.06 Å². The Hall–Kier alpha value is -2.87. The number of hydrogen-bond donors (Lipinski definition) is 1. The summed E-state index contributed by atoms with van der Waals surface area (Å²) in [4.78, 5) is 11.3. The lowest BCUT2D eigenvalue weighted by atomic mass is 9.82. The van der Waals surface area contributed by atoms with Crippen LogP contribution in [-0.4, -0.2) is 62.3 Å². The lowest BCUT2D eigenvalue weighted by molar-refractivity contribution is -0.274. The maximum absolute atomic E-state index is 13.1. The first-order chi connectivity index (χ1) is 18.0. The number of nitrogens with zero attached hydrogens (tertiary/aromatic N) is 1. The van der Waals surface area contributed by atoms with Crippen molar-refractivity contribution >= 4 is 16.2 Å². The number of carbonyl (C=O) groups is 1. The van der Waals surface area contributed by atoms with Gasteiger partial charge < -0.3 is 18.9 Å². The Balaban J connectivity index is 1.36. The molecule has 1 heterocycles. The first kappa shape index (κ1) is 28.1. The van der Waals surface area contributed by atoms with Gasteiger partial charge in [-0.1, -0.05) is 0 Å². The Morgan fingerprint density at radius 2 is 1.53 bits per heavy atom. The second-order valence-electron chi connectivity index (χ2n) is 9.30. The molecule has 2 aromatic carbocycles. The number of hydrogen-bond acceptors (Lipinski definition) is 8. The molecular weight excluding hydrogens is 531 g/mol. The molecule has 13 heteroatoms. The van der Waals surface area contributed by atoms with Gasteiger partial charge in [-0.05, 0) is 73.7 Å². The van der Waals surface area contributed by atoms with Crippen LogP contribution in [0.4, 0.5) is 13.2 Å². The predicted molar refractivity (Wildman–Crippen MR) is 126 cm³/mol. The molecule has 1 aliphatic heterocycles. The van der Waals surface area contributed by atoms with Crippen molar-refractivity contribution in [2.24, 2.45) is 5.92 Å². The standard InChI is InChI=1S/C25H28F3NO8S/c26-25(27,28)37-22-3-1-20(2-4-22)36-21-5-7-23(8-6-21)38(32,33)16-19(29(31)17-30)15-18-9-11-24(12-10-18)34-13-14-35-24/h1-8,17-19,31H,9-16H2. The summed E-state index contributed by atoms with van der Waals surface area (Å²) in [5.41, 5.74) is 0. The number of halogens is 3. The van der Waals surface area contributed by atoms with Crippen molar-refractivity contribution < 1.29 is 50.5 Å². The predicted octanol–water partition coefficient (Wildman–Crippen LogP) is 4.69. The molecule has 1 amide bonds. The highest BCUT2D eigenvalue weighted by Crippen LogP contribution is 2.40. The van der Waals surface area contributed by atoms with Gasteiger partial charge >= 0.3 is 6.36 Å². The molecule has 1 unspecified atom stereocenters. The van der Waals surface area contributed by atoms with E-state index in [0.29, 0.717) is 37.5 Å². The highest BCUT2D eigenvalue weighted by molar-refractivity contribution is 7.91. The molecule has 208 valence electrons. The van der Waals surface area contributed by atoms with Crippen LogP contribution in [0.1, 0.15) is 32.1 Å². The van der Waals surface area contributed by atoms with Crippen LogP contribution in [0.15, 0.2) is 53.4 Å². The third-order valence-corrected chi connectivity index (χ3v) is 8.47. The second-order valence-corrected chi connectivity index (χ2v) is 11.3. The van der Waals surface area contributed by atoms with Crippen LogP contribution in [0.3, 0.4) is 0 Å². The van der Waals surface area contributed by atoms with Gasteiger partial charge in [0.2, 0.25) is 6.41 Å². The molecule has 2 aliphatic rings. The van der Waals surface area contributed by atoms with Crippen molar-refractivity contribution in [3.05, 3.63) is 48.5 Å². The van der Waals surface area contributed by atoms with Gasteiger partial charge in [0.25, 0.3) is 0 Å². The quantitative estimate of drug-likeness (QED) is 0.254. The van der Waals surface area contributed by atoms with E-state index >= 15 is 0 Å². The van der Waals surface area contributed by atoms with Crippen LogP contribution in [-0.2, 0) is 24.1 Å². The van der Waals surface area contributed by atoms with Gasteiger partial charge in [-0.15, -0.1) is 13.2 Å². The molecule has 0 aromatic heterocycles. The molecule has 0 bridgehead atoms. The minimum atomic E-state index is -4.81. The average molecular weight is 560 g/mol. The number of benzene rings is 2. The summed E-state index contributed by atoms with van der Waals surface area (Å²) in [6, 6.07) is 9.27. The zero-order chi connectivity index (χ0) is 27.4. The minimum absolute atomic E-state index is 0.0292. The number of hydroxylamine groups is 2. The number of amides is 1. The molecule has 38 heavy (non-hydrogen) atoms.